The number of carbonyl (C=O) groups excluding carboxylic acids is 3. The van der Waals surface area contributed by atoms with E-state index in [1.165, 1.54) is 11.9 Å². The molecule has 0 aromatic rings. The number of likely N-dealkylation sites (N-methyl/N-ethyl adjacent to an activating group) is 1. The van der Waals surface area contributed by atoms with Crippen molar-refractivity contribution >= 4 is 34.9 Å². The van der Waals surface area contributed by atoms with Gasteiger partial charge in [0.15, 0.2) is 0 Å². The number of nitrogens with zero attached hydrogens (tertiary/aromatic N) is 1. The highest BCUT2D eigenvalue weighted by Gasteiger charge is 2.34. The number of nitrogens with two attached hydrogens (primary N) is 1. The van der Waals surface area contributed by atoms with E-state index >= 15 is 0 Å². The van der Waals surface area contributed by atoms with Crippen molar-refractivity contribution in [2.45, 2.75) is 25.3 Å². The van der Waals surface area contributed by atoms with Crippen LogP contribution < -0.4 is 16.4 Å². The molecule has 4 N–H and O–H groups in total. The zero-order chi connectivity index (χ0) is 14.4. The smallest absolute Gasteiger partial charge is 0.312 e. The summed E-state index contributed by atoms with van der Waals surface area (Å²) in [5, 5.41) is 4.83. The summed E-state index contributed by atoms with van der Waals surface area (Å²) >= 11 is 4.61. The lowest BCUT2D eigenvalue weighted by molar-refractivity contribution is -0.150. The Balaban J connectivity index is 2.68. The van der Waals surface area contributed by atoms with Gasteiger partial charge in [-0.15, -0.1) is 0 Å². The molecule has 1 saturated heterocycles. The van der Waals surface area contributed by atoms with Crippen molar-refractivity contribution in [1.29, 1.82) is 0 Å². The molecule has 3 amide bonds. The molecular formula is C11H18N4O3S. The second-order valence-corrected chi connectivity index (χ2v) is 4.80. The first-order valence-corrected chi connectivity index (χ1v) is 6.47. The van der Waals surface area contributed by atoms with Gasteiger partial charge in [0.25, 0.3) is 0 Å². The molecule has 0 spiro atoms. The molecule has 19 heavy (non-hydrogen) atoms. The van der Waals surface area contributed by atoms with Crippen molar-refractivity contribution in [3.8, 4) is 0 Å². The fraction of sp³-hybridized carbons (Fsp3) is 0.636. The maximum Gasteiger partial charge on any atom is 0.312 e. The Hall–Kier alpha value is -1.70. The van der Waals surface area contributed by atoms with Crippen LogP contribution in [0, 0.1) is 0 Å². The van der Waals surface area contributed by atoms with Crippen LogP contribution in [0.15, 0.2) is 0 Å². The molecular weight excluding hydrogens is 268 g/mol. The normalized spacial score (nSPS) is 18.6. The molecule has 0 saturated carbocycles. The highest BCUT2D eigenvalue weighted by atomic mass is 32.1. The van der Waals surface area contributed by atoms with Gasteiger partial charge in [0.1, 0.15) is 6.04 Å². The lowest BCUT2D eigenvalue weighted by Gasteiger charge is -2.33. The van der Waals surface area contributed by atoms with Gasteiger partial charge in [0.05, 0.1) is 11.5 Å². The van der Waals surface area contributed by atoms with Gasteiger partial charge in [-0.2, -0.15) is 0 Å². The third-order valence-corrected chi connectivity index (χ3v) is 3.07. The van der Waals surface area contributed by atoms with Gasteiger partial charge in [-0.05, 0) is 19.3 Å². The molecule has 0 aliphatic carbocycles. The Labute approximate surface area is 116 Å². The zero-order valence-corrected chi connectivity index (χ0v) is 11.6. The predicted molar refractivity (Wildman–Crippen MR) is 73.2 cm³/mol. The highest BCUT2D eigenvalue weighted by Crippen LogP contribution is 2.17. The summed E-state index contributed by atoms with van der Waals surface area (Å²) in [6.07, 6.45) is 2.20. The monoisotopic (exact) mass is 286 g/mol. The molecule has 0 bridgehead atoms. The van der Waals surface area contributed by atoms with E-state index in [-0.39, 0.29) is 17.4 Å². The number of rotatable bonds is 3. The second kappa shape index (κ2) is 7.03. The third kappa shape index (κ3) is 4.16. The number of hydrogen-bond donors (Lipinski definition) is 3. The van der Waals surface area contributed by atoms with Crippen molar-refractivity contribution in [3.63, 3.8) is 0 Å². The van der Waals surface area contributed by atoms with Gasteiger partial charge in [-0.3, -0.25) is 14.4 Å². The quantitative estimate of drug-likeness (QED) is 0.433. The highest BCUT2D eigenvalue weighted by molar-refractivity contribution is 7.80. The average molecular weight is 286 g/mol. The lowest BCUT2D eigenvalue weighted by atomic mass is 10.0. The first kappa shape index (κ1) is 15.4. The molecule has 1 aliphatic rings. The maximum atomic E-state index is 12.0. The predicted octanol–water partition coefficient (Wildman–Crippen LogP) is -1.48. The van der Waals surface area contributed by atoms with Gasteiger partial charge in [-0.1, -0.05) is 12.2 Å². The van der Waals surface area contributed by atoms with Crippen molar-refractivity contribution in [2.75, 3.05) is 20.1 Å². The molecule has 1 aliphatic heterocycles. The molecule has 1 atom stereocenters. The van der Waals surface area contributed by atoms with Crippen LogP contribution >= 0.6 is 12.2 Å². The number of carbonyl (C=O) groups is 3. The first-order chi connectivity index (χ1) is 8.97. The zero-order valence-electron chi connectivity index (χ0n) is 10.8. The van der Waals surface area contributed by atoms with Crippen LogP contribution in [0.4, 0.5) is 0 Å². The Kier molecular flexibility index (Phi) is 5.68. The SMILES string of the molecule is CNC(=O)C1CCCCN1C(=O)C(=O)NCC(N)=S. The maximum absolute atomic E-state index is 12.0. The van der Waals surface area contributed by atoms with Gasteiger partial charge >= 0.3 is 11.8 Å². The van der Waals surface area contributed by atoms with Crippen LogP contribution in [0.25, 0.3) is 0 Å². The number of thiocarbonyl (C=S) groups is 1. The largest absolute Gasteiger partial charge is 0.392 e. The topological polar surface area (TPSA) is 105 Å². The molecule has 1 fully saturated rings. The van der Waals surface area contributed by atoms with Crippen molar-refractivity contribution < 1.29 is 14.4 Å². The van der Waals surface area contributed by atoms with Crippen LogP contribution in [0.5, 0.6) is 0 Å². The van der Waals surface area contributed by atoms with Gasteiger partial charge in [0.2, 0.25) is 5.91 Å². The number of likely N-dealkylation sites (tertiary alicyclic amines) is 1. The molecule has 1 rings (SSSR count). The number of nitrogens with one attached hydrogen (secondary N) is 2. The molecule has 8 heteroatoms. The van der Waals surface area contributed by atoms with E-state index in [2.05, 4.69) is 22.9 Å². The summed E-state index contributed by atoms with van der Waals surface area (Å²) < 4.78 is 0. The third-order valence-electron chi connectivity index (χ3n) is 2.93. The Morgan fingerprint density at radius 3 is 2.63 bits per heavy atom. The number of piperidine rings is 1. The van der Waals surface area contributed by atoms with E-state index in [0.29, 0.717) is 13.0 Å². The fourth-order valence-corrected chi connectivity index (χ4v) is 2.06. The lowest BCUT2D eigenvalue weighted by Crippen LogP contribution is -2.55. The van der Waals surface area contributed by atoms with Crippen LogP contribution in [0.1, 0.15) is 19.3 Å². The molecule has 106 valence electrons. The van der Waals surface area contributed by atoms with Crippen molar-refractivity contribution in [1.82, 2.24) is 15.5 Å². The molecule has 0 aromatic carbocycles. The van der Waals surface area contributed by atoms with E-state index in [1.807, 2.05) is 0 Å². The standard InChI is InChI=1S/C11H18N4O3S/c1-13-9(16)7-4-2-3-5-15(7)11(18)10(17)14-6-8(12)19/h7H,2-6H2,1H3,(H2,12,19)(H,13,16)(H,14,17). The van der Waals surface area contributed by atoms with Crippen LogP contribution in [-0.2, 0) is 14.4 Å². The summed E-state index contributed by atoms with van der Waals surface area (Å²) in [7, 11) is 1.51. The van der Waals surface area contributed by atoms with Crippen molar-refractivity contribution in [2.24, 2.45) is 5.73 Å². The molecule has 0 radical (unpaired) electrons. The van der Waals surface area contributed by atoms with Crippen LogP contribution in [-0.4, -0.2) is 53.8 Å². The Morgan fingerprint density at radius 2 is 2.05 bits per heavy atom. The molecule has 1 heterocycles. The number of hydrogen-bond acceptors (Lipinski definition) is 4. The van der Waals surface area contributed by atoms with E-state index in [1.54, 1.807) is 0 Å². The summed E-state index contributed by atoms with van der Waals surface area (Å²) in [6, 6.07) is -0.582. The molecule has 0 aromatic heterocycles. The minimum absolute atomic E-state index is 0.0294. The Bertz CT molecular complexity index is 399. The second-order valence-electron chi connectivity index (χ2n) is 4.27. The molecule has 7 nitrogen and oxygen atoms in total. The van der Waals surface area contributed by atoms with Gasteiger partial charge < -0.3 is 21.3 Å². The summed E-state index contributed by atoms with van der Waals surface area (Å²) in [6.45, 7) is 0.371. The minimum atomic E-state index is -0.788. The van der Waals surface area contributed by atoms with Crippen LogP contribution in [0.3, 0.4) is 0 Å². The van der Waals surface area contributed by atoms with Crippen LogP contribution in [0.2, 0.25) is 0 Å². The summed E-state index contributed by atoms with van der Waals surface area (Å²) in [4.78, 5) is 36.7. The van der Waals surface area contributed by atoms with E-state index in [4.69, 9.17) is 5.73 Å². The fourth-order valence-electron chi connectivity index (χ4n) is 1.99. The Morgan fingerprint density at radius 1 is 1.37 bits per heavy atom. The van der Waals surface area contributed by atoms with E-state index in [0.717, 1.165) is 12.8 Å². The van der Waals surface area contributed by atoms with E-state index in [9.17, 15) is 14.4 Å². The first-order valence-electron chi connectivity index (χ1n) is 6.06. The van der Waals surface area contributed by atoms with Crippen molar-refractivity contribution in [3.05, 3.63) is 0 Å². The minimum Gasteiger partial charge on any atom is -0.392 e. The van der Waals surface area contributed by atoms with E-state index < -0.39 is 17.9 Å². The average Bonchev–Trinajstić information content (AvgIpc) is 2.42. The summed E-state index contributed by atoms with van der Waals surface area (Å²) in [5.74, 6) is -1.76. The number of amides is 3. The van der Waals surface area contributed by atoms with Gasteiger partial charge in [0, 0.05) is 13.6 Å². The molecule has 1 unspecified atom stereocenters. The van der Waals surface area contributed by atoms with Gasteiger partial charge in [-0.25, -0.2) is 0 Å². The summed E-state index contributed by atoms with van der Waals surface area (Å²) in [5.41, 5.74) is 5.24.